The minimum Gasteiger partial charge on any atom is -0.468 e. The van der Waals surface area contributed by atoms with Crippen molar-refractivity contribution in [1.29, 1.82) is 0 Å². The van der Waals surface area contributed by atoms with Crippen molar-refractivity contribution >= 4 is 21.9 Å². The van der Waals surface area contributed by atoms with Gasteiger partial charge in [-0.25, -0.2) is 0 Å². The molecule has 0 N–H and O–H groups in total. The van der Waals surface area contributed by atoms with Crippen LogP contribution in [0.4, 0.5) is 0 Å². The van der Waals surface area contributed by atoms with Crippen LogP contribution in [0.3, 0.4) is 0 Å². The Hall–Kier alpha value is -0.0900. The van der Waals surface area contributed by atoms with E-state index in [0.717, 1.165) is 13.0 Å². The zero-order chi connectivity index (χ0) is 10.3. The topological polar surface area (TPSA) is 29.5 Å². The van der Waals surface area contributed by atoms with Crippen LogP contribution in [0.25, 0.3) is 0 Å². The van der Waals surface area contributed by atoms with Crippen molar-refractivity contribution in [2.75, 3.05) is 27.2 Å². The van der Waals surface area contributed by atoms with Gasteiger partial charge in [0.25, 0.3) is 0 Å². The van der Waals surface area contributed by atoms with Crippen LogP contribution in [-0.4, -0.2) is 42.9 Å². The molecule has 0 aromatic rings. The Morgan fingerprint density at radius 1 is 1.62 bits per heavy atom. The van der Waals surface area contributed by atoms with Crippen molar-refractivity contribution in [3.63, 3.8) is 0 Å². The molecule has 0 heterocycles. The molecule has 0 rings (SSSR count). The maximum absolute atomic E-state index is 11.0. The monoisotopic (exact) mass is 251 g/mol. The summed E-state index contributed by atoms with van der Waals surface area (Å²) in [6.45, 7) is 3.88. The first-order valence-electron chi connectivity index (χ1n) is 4.52. The first-order valence-corrected chi connectivity index (χ1v) is 5.43. The minimum absolute atomic E-state index is 0.205. The zero-order valence-electron chi connectivity index (χ0n) is 8.55. The van der Waals surface area contributed by atoms with Crippen molar-refractivity contribution < 1.29 is 9.53 Å². The molecule has 0 saturated heterocycles. The first-order chi connectivity index (χ1) is 6.11. The zero-order valence-corrected chi connectivity index (χ0v) is 10.1. The summed E-state index contributed by atoms with van der Waals surface area (Å²) in [5.41, 5.74) is 0. The van der Waals surface area contributed by atoms with Crippen LogP contribution in [-0.2, 0) is 9.53 Å². The maximum atomic E-state index is 11.0. The van der Waals surface area contributed by atoms with Crippen molar-refractivity contribution in [3.8, 4) is 0 Å². The fourth-order valence-electron chi connectivity index (χ4n) is 0.995. The van der Waals surface area contributed by atoms with Gasteiger partial charge in [0.15, 0.2) is 0 Å². The number of methoxy groups -OCH3 is 1. The van der Waals surface area contributed by atoms with E-state index in [9.17, 15) is 4.79 Å². The molecule has 0 spiro atoms. The molecular formula is C9H18BrNO2. The molecule has 0 fully saturated rings. The Labute approximate surface area is 88.6 Å². The summed E-state index contributed by atoms with van der Waals surface area (Å²) in [4.78, 5) is 12.9. The van der Waals surface area contributed by atoms with Crippen LogP contribution in [0.1, 0.15) is 19.8 Å². The van der Waals surface area contributed by atoms with Gasteiger partial charge in [0, 0.05) is 6.54 Å². The third kappa shape index (κ3) is 6.05. The highest BCUT2D eigenvalue weighted by molar-refractivity contribution is 9.10. The van der Waals surface area contributed by atoms with E-state index >= 15 is 0 Å². The smallest absolute Gasteiger partial charge is 0.320 e. The standard InChI is InChI=1S/C9H18BrNO2/c1-4-5-6-11(2)7-8(10)9(12)13-3/h8H,4-7H2,1-3H3. The second-order valence-corrected chi connectivity index (χ2v) is 4.21. The van der Waals surface area contributed by atoms with E-state index in [0.29, 0.717) is 6.54 Å². The Morgan fingerprint density at radius 3 is 2.69 bits per heavy atom. The number of carbonyl (C=O) groups excluding carboxylic acids is 1. The van der Waals surface area contributed by atoms with Crippen molar-refractivity contribution in [2.24, 2.45) is 0 Å². The lowest BCUT2D eigenvalue weighted by atomic mass is 10.3. The predicted molar refractivity (Wildman–Crippen MR) is 57.1 cm³/mol. The average molecular weight is 252 g/mol. The third-order valence-electron chi connectivity index (χ3n) is 1.82. The molecule has 0 radical (unpaired) electrons. The number of ether oxygens (including phenoxy) is 1. The molecule has 0 aliphatic rings. The van der Waals surface area contributed by atoms with Gasteiger partial charge >= 0.3 is 5.97 Å². The molecule has 1 unspecified atom stereocenters. The lowest BCUT2D eigenvalue weighted by molar-refractivity contribution is -0.140. The van der Waals surface area contributed by atoms with E-state index in [2.05, 4.69) is 32.5 Å². The molecule has 1 atom stereocenters. The second kappa shape index (κ2) is 7.33. The summed E-state index contributed by atoms with van der Waals surface area (Å²) in [5.74, 6) is -0.205. The molecule has 0 saturated carbocycles. The summed E-state index contributed by atoms with van der Waals surface area (Å²) < 4.78 is 4.60. The number of nitrogens with zero attached hydrogens (tertiary/aromatic N) is 1. The summed E-state index contributed by atoms with van der Waals surface area (Å²) in [6.07, 6.45) is 2.34. The average Bonchev–Trinajstić information content (AvgIpc) is 2.13. The lowest BCUT2D eigenvalue weighted by Gasteiger charge is -2.18. The van der Waals surface area contributed by atoms with Gasteiger partial charge in [0.1, 0.15) is 4.83 Å². The summed E-state index contributed by atoms with van der Waals surface area (Å²) in [5, 5.41) is 0. The molecule has 0 bridgehead atoms. The summed E-state index contributed by atoms with van der Waals surface area (Å²) in [7, 11) is 3.41. The molecular weight excluding hydrogens is 234 g/mol. The molecule has 0 amide bonds. The van der Waals surface area contributed by atoms with Crippen molar-refractivity contribution in [2.45, 2.75) is 24.6 Å². The normalized spacial score (nSPS) is 13.0. The van der Waals surface area contributed by atoms with Gasteiger partial charge in [-0.2, -0.15) is 0 Å². The Kier molecular flexibility index (Phi) is 7.28. The van der Waals surface area contributed by atoms with Crippen LogP contribution < -0.4 is 0 Å². The fourth-order valence-corrected chi connectivity index (χ4v) is 1.68. The molecule has 0 aromatic carbocycles. The van der Waals surface area contributed by atoms with Crippen molar-refractivity contribution in [1.82, 2.24) is 4.90 Å². The van der Waals surface area contributed by atoms with Gasteiger partial charge in [-0.05, 0) is 20.0 Å². The van der Waals surface area contributed by atoms with Crippen LogP contribution in [0.15, 0.2) is 0 Å². The second-order valence-electron chi connectivity index (χ2n) is 3.11. The molecule has 3 nitrogen and oxygen atoms in total. The first kappa shape index (κ1) is 12.9. The van der Waals surface area contributed by atoms with Crippen molar-refractivity contribution in [3.05, 3.63) is 0 Å². The number of hydrogen-bond donors (Lipinski definition) is 0. The quantitative estimate of drug-likeness (QED) is 0.532. The SMILES string of the molecule is CCCCN(C)CC(Br)C(=O)OC. The fraction of sp³-hybridized carbons (Fsp3) is 0.889. The molecule has 78 valence electrons. The van der Waals surface area contributed by atoms with Gasteiger partial charge < -0.3 is 9.64 Å². The van der Waals surface area contributed by atoms with Gasteiger partial charge in [0.2, 0.25) is 0 Å². The maximum Gasteiger partial charge on any atom is 0.320 e. The van der Waals surface area contributed by atoms with E-state index in [1.807, 2.05) is 7.05 Å². The van der Waals surface area contributed by atoms with Crippen LogP contribution in [0, 0.1) is 0 Å². The molecule has 0 aliphatic heterocycles. The number of unbranched alkanes of at least 4 members (excludes halogenated alkanes) is 1. The Bertz CT molecular complexity index is 153. The molecule has 0 aromatic heterocycles. The molecule has 13 heavy (non-hydrogen) atoms. The summed E-state index contributed by atoms with van der Waals surface area (Å²) in [6, 6.07) is 0. The van der Waals surface area contributed by atoms with E-state index in [1.54, 1.807) is 0 Å². The van der Waals surface area contributed by atoms with Gasteiger partial charge in [0.05, 0.1) is 7.11 Å². The van der Waals surface area contributed by atoms with Gasteiger partial charge in [-0.3, -0.25) is 4.79 Å². The van der Waals surface area contributed by atoms with Crippen LogP contribution in [0.2, 0.25) is 0 Å². The van der Waals surface area contributed by atoms with Crippen LogP contribution in [0.5, 0.6) is 0 Å². The summed E-state index contributed by atoms with van der Waals surface area (Å²) >= 11 is 3.28. The minimum atomic E-state index is -0.209. The number of halogens is 1. The van der Waals surface area contributed by atoms with E-state index < -0.39 is 0 Å². The Morgan fingerprint density at radius 2 is 2.23 bits per heavy atom. The van der Waals surface area contributed by atoms with Crippen LogP contribution >= 0.6 is 15.9 Å². The highest BCUT2D eigenvalue weighted by Crippen LogP contribution is 2.04. The predicted octanol–water partition coefficient (Wildman–Crippen LogP) is 1.65. The number of esters is 1. The molecule has 0 aliphatic carbocycles. The van der Waals surface area contributed by atoms with E-state index in [1.165, 1.54) is 13.5 Å². The highest BCUT2D eigenvalue weighted by Gasteiger charge is 2.16. The van der Waals surface area contributed by atoms with Gasteiger partial charge in [-0.15, -0.1) is 0 Å². The lowest BCUT2D eigenvalue weighted by Crippen LogP contribution is -2.32. The largest absolute Gasteiger partial charge is 0.468 e. The van der Waals surface area contributed by atoms with E-state index in [4.69, 9.17) is 0 Å². The Balaban J connectivity index is 3.64. The molecule has 4 heteroatoms. The van der Waals surface area contributed by atoms with E-state index in [-0.39, 0.29) is 10.8 Å². The van der Waals surface area contributed by atoms with Gasteiger partial charge in [-0.1, -0.05) is 29.3 Å². The highest BCUT2D eigenvalue weighted by atomic mass is 79.9. The number of hydrogen-bond acceptors (Lipinski definition) is 3. The number of rotatable bonds is 6. The third-order valence-corrected chi connectivity index (χ3v) is 2.49. The number of carbonyl (C=O) groups is 1. The number of alkyl halides is 1.